The summed E-state index contributed by atoms with van der Waals surface area (Å²) >= 11 is 5.51. The third-order valence-electron chi connectivity index (χ3n) is 5.72. The van der Waals surface area contributed by atoms with Crippen molar-refractivity contribution >= 4 is 28.7 Å². The Labute approximate surface area is 175 Å². The number of anilines is 2. The van der Waals surface area contributed by atoms with E-state index in [0.717, 1.165) is 24.7 Å². The predicted octanol–water partition coefficient (Wildman–Crippen LogP) is 6.09. The van der Waals surface area contributed by atoms with Gasteiger partial charge in [0.1, 0.15) is 0 Å². The monoisotopic (exact) mass is 395 g/mol. The number of nitrogens with zero attached hydrogens (tertiary/aromatic N) is 1. The van der Waals surface area contributed by atoms with E-state index < -0.39 is 0 Å². The predicted molar refractivity (Wildman–Crippen MR) is 125 cm³/mol. The second-order valence-corrected chi connectivity index (χ2v) is 8.77. The van der Waals surface area contributed by atoms with Gasteiger partial charge < -0.3 is 15.5 Å². The van der Waals surface area contributed by atoms with Crippen LogP contribution in [0.1, 0.15) is 63.6 Å². The zero-order chi connectivity index (χ0) is 20.1. The molecule has 0 aromatic heterocycles. The van der Waals surface area contributed by atoms with Crippen LogP contribution in [-0.2, 0) is 0 Å². The van der Waals surface area contributed by atoms with Crippen LogP contribution in [0, 0.1) is 5.92 Å². The lowest BCUT2D eigenvalue weighted by Gasteiger charge is -2.32. The van der Waals surface area contributed by atoms with E-state index in [4.69, 9.17) is 12.2 Å². The molecule has 1 heterocycles. The topological polar surface area (TPSA) is 27.3 Å². The van der Waals surface area contributed by atoms with Gasteiger partial charge in [0.15, 0.2) is 5.11 Å². The van der Waals surface area contributed by atoms with E-state index in [9.17, 15) is 0 Å². The summed E-state index contributed by atoms with van der Waals surface area (Å²) in [6, 6.07) is 17.5. The number of hydrogen-bond acceptors (Lipinski definition) is 2. The van der Waals surface area contributed by atoms with Gasteiger partial charge in [-0.2, -0.15) is 0 Å². The summed E-state index contributed by atoms with van der Waals surface area (Å²) < 4.78 is 0. The van der Waals surface area contributed by atoms with E-state index in [1.165, 1.54) is 29.7 Å². The van der Waals surface area contributed by atoms with Gasteiger partial charge in [-0.3, -0.25) is 0 Å². The van der Waals surface area contributed by atoms with Crippen LogP contribution in [0.3, 0.4) is 0 Å². The highest BCUT2D eigenvalue weighted by Crippen LogP contribution is 2.24. The minimum Gasteiger partial charge on any atom is -0.372 e. The molecule has 0 spiro atoms. The molecule has 1 saturated heterocycles. The Morgan fingerprint density at radius 2 is 1.50 bits per heavy atom. The van der Waals surface area contributed by atoms with Crippen molar-refractivity contribution in [1.29, 1.82) is 0 Å². The van der Waals surface area contributed by atoms with Crippen LogP contribution in [0.2, 0.25) is 0 Å². The molecular weight excluding hydrogens is 362 g/mol. The Morgan fingerprint density at radius 1 is 0.929 bits per heavy atom. The first-order chi connectivity index (χ1) is 13.4. The highest BCUT2D eigenvalue weighted by Gasteiger charge is 2.16. The van der Waals surface area contributed by atoms with Gasteiger partial charge in [-0.15, -0.1) is 0 Å². The Balaban J connectivity index is 1.53. The van der Waals surface area contributed by atoms with Crippen molar-refractivity contribution in [3.05, 3.63) is 59.7 Å². The number of benzene rings is 2. The van der Waals surface area contributed by atoms with E-state index in [-0.39, 0.29) is 6.04 Å². The van der Waals surface area contributed by atoms with Crippen molar-refractivity contribution < 1.29 is 0 Å². The lowest BCUT2D eigenvalue weighted by Crippen LogP contribution is -2.33. The summed E-state index contributed by atoms with van der Waals surface area (Å²) in [6.07, 6.45) is 2.58. The Kier molecular flexibility index (Phi) is 6.95. The number of thiocarbonyl (C=S) groups is 1. The zero-order valence-electron chi connectivity index (χ0n) is 17.5. The Morgan fingerprint density at radius 3 is 2.07 bits per heavy atom. The molecule has 0 saturated carbocycles. The summed E-state index contributed by atoms with van der Waals surface area (Å²) in [7, 11) is 0. The average Bonchev–Trinajstić information content (AvgIpc) is 2.69. The summed E-state index contributed by atoms with van der Waals surface area (Å²) in [5.41, 5.74) is 4.92. The highest BCUT2D eigenvalue weighted by atomic mass is 32.1. The molecule has 0 radical (unpaired) electrons. The van der Waals surface area contributed by atoms with E-state index in [1.807, 2.05) is 0 Å². The van der Waals surface area contributed by atoms with E-state index in [1.54, 1.807) is 0 Å². The van der Waals surface area contributed by atoms with Crippen molar-refractivity contribution in [2.75, 3.05) is 23.3 Å². The maximum atomic E-state index is 5.51. The van der Waals surface area contributed by atoms with Crippen molar-refractivity contribution in [3.8, 4) is 0 Å². The second kappa shape index (κ2) is 9.42. The molecule has 2 aromatic rings. The van der Waals surface area contributed by atoms with E-state index in [0.29, 0.717) is 11.0 Å². The molecule has 2 N–H and O–H groups in total. The van der Waals surface area contributed by atoms with Gasteiger partial charge in [-0.05, 0) is 79.2 Å². The van der Waals surface area contributed by atoms with Crippen LogP contribution in [0.25, 0.3) is 0 Å². The maximum absolute atomic E-state index is 5.51. The third kappa shape index (κ3) is 5.48. The van der Waals surface area contributed by atoms with Gasteiger partial charge in [0.25, 0.3) is 0 Å². The molecule has 1 fully saturated rings. The first-order valence-electron chi connectivity index (χ1n) is 10.4. The largest absolute Gasteiger partial charge is 0.372 e. The standard InChI is InChI=1S/C24H33N3S/c1-17(2)20-5-9-22(10-6-20)26-24(28)25-19(4)21-7-11-23(12-8-21)27-15-13-18(3)14-16-27/h5-12,17-19H,13-16H2,1-4H3,(H2,25,26,28)/t19-/m1/s1. The van der Waals surface area contributed by atoms with Crippen molar-refractivity contribution in [3.63, 3.8) is 0 Å². The fourth-order valence-corrected chi connectivity index (χ4v) is 3.93. The van der Waals surface area contributed by atoms with Crippen LogP contribution in [0.4, 0.5) is 11.4 Å². The van der Waals surface area contributed by atoms with Crippen molar-refractivity contribution in [2.24, 2.45) is 5.92 Å². The molecule has 2 aromatic carbocycles. The Hall–Kier alpha value is -2.07. The summed E-state index contributed by atoms with van der Waals surface area (Å²) in [6.45, 7) is 11.2. The molecule has 3 nitrogen and oxygen atoms in total. The number of hydrogen-bond donors (Lipinski definition) is 2. The van der Waals surface area contributed by atoms with Gasteiger partial charge >= 0.3 is 0 Å². The molecule has 0 amide bonds. The summed E-state index contributed by atoms with van der Waals surface area (Å²) in [5.74, 6) is 1.39. The smallest absolute Gasteiger partial charge is 0.171 e. The molecule has 3 rings (SSSR count). The van der Waals surface area contributed by atoms with Crippen LogP contribution >= 0.6 is 12.2 Å². The van der Waals surface area contributed by atoms with Crippen molar-refractivity contribution in [1.82, 2.24) is 5.32 Å². The lowest BCUT2D eigenvalue weighted by molar-refractivity contribution is 0.438. The number of piperidine rings is 1. The molecule has 1 aliphatic rings. The van der Waals surface area contributed by atoms with E-state index >= 15 is 0 Å². The van der Waals surface area contributed by atoms with Gasteiger partial charge in [-0.1, -0.05) is 45.0 Å². The Bertz CT molecular complexity index is 759. The summed E-state index contributed by atoms with van der Waals surface area (Å²) in [4.78, 5) is 2.49. The fourth-order valence-electron chi connectivity index (χ4n) is 3.64. The van der Waals surface area contributed by atoms with Gasteiger partial charge in [0.2, 0.25) is 0 Å². The molecule has 1 atom stereocenters. The normalized spacial score (nSPS) is 16.1. The van der Waals surface area contributed by atoms with Crippen LogP contribution in [0.5, 0.6) is 0 Å². The molecule has 1 aliphatic heterocycles. The molecular formula is C24H33N3S. The van der Waals surface area contributed by atoms with Crippen LogP contribution in [0.15, 0.2) is 48.5 Å². The minimum absolute atomic E-state index is 0.158. The number of rotatable bonds is 5. The maximum Gasteiger partial charge on any atom is 0.171 e. The SMILES string of the molecule is CC1CCN(c2ccc([C@@H](C)NC(=S)Nc3ccc(C(C)C)cc3)cc2)CC1. The quantitative estimate of drug-likeness (QED) is 0.599. The van der Waals surface area contributed by atoms with Crippen LogP contribution in [-0.4, -0.2) is 18.2 Å². The minimum atomic E-state index is 0.158. The third-order valence-corrected chi connectivity index (χ3v) is 5.94. The van der Waals surface area contributed by atoms with Gasteiger partial charge in [-0.25, -0.2) is 0 Å². The molecule has 0 bridgehead atoms. The van der Waals surface area contributed by atoms with E-state index in [2.05, 4.69) is 91.8 Å². The highest BCUT2D eigenvalue weighted by molar-refractivity contribution is 7.80. The summed E-state index contributed by atoms with van der Waals surface area (Å²) in [5, 5.41) is 7.33. The fraction of sp³-hybridized carbons (Fsp3) is 0.458. The second-order valence-electron chi connectivity index (χ2n) is 8.36. The first kappa shape index (κ1) is 20.7. The van der Waals surface area contributed by atoms with Gasteiger partial charge in [0.05, 0.1) is 6.04 Å². The molecule has 0 aliphatic carbocycles. The van der Waals surface area contributed by atoms with Crippen LogP contribution < -0.4 is 15.5 Å². The first-order valence-corrected chi connectivity index (χ1v) is 10.9. The van der Waals surface area contributed by atoms with Gasteiger partial charge in [0, 0.05) is 24.5 Å². The molecule has 150 valence electrons. The number of nitrogens with one attached hydrogen (secondary N) is 2. The molecule has 28 heavy (non-hydrogen) atoms. The van der Waals surface area contributed by atoms with Crippen molar-refractivity contribution in [2.45, 2.75) is 52.5 Å². The lowest BCUT2D eigenvalue weighted by atomic mass is 9.98. The molecule has 0 unspecified atom stereocenters. The average molecular weight is 396 g/mol. The zero-order valence-corrected chi connectivity index (χ0v) is 18.4. The molecule has 4 heteroatoms.